The Bertz CT molecular complexity index is 3200. The normalized spacial score (nSPS) is 11.8. The van der Waals surface area contributed by atoms with Crippen molar-refractivity contribution in [2.45, 2.75) is 0 Å². The lowest BCUT2D eigenvalue weighted by Gasteiger charge is -2.13. The standard InChI is InChI=1S/C49H30N4/c1-4-12-31(13-5-1)42-26-23-33-20-21-34-24-27-43(51-49(34)48(33)50-42)35-22-25-37-39-30-46-40(29-41(39)47(52-44(37)28-35)32-14-6-2-7-15-32)38-18-10-11-19-45(38)53(46)36-16-8-3-9-17-36/h1-30H. The van der Waals surface area contributed by atoms with E-state index in [0.717, 1.165) is 77.6 Å². The molecule has 0 spiro atoms. The predicted molar refractivity (Wildman–Crippen MR) is 220 cm³/mol. The molecule has 0 aliphatic heterocycles. The van der Waals surface area contributed by atoms with Crippen LogP contribution in [0.4, 0.5) is 0 Å². The first-order valence-corrected chi connectivity index (χ1v) is 17.9. The van der Waals surface area contributed by atoms with Gasteiger partial charge in [0.25, 0.3) is 0 Å². The smallest absolute Gasteiger partial charge is 0.0972 e. The van der Waals surface area contributed by atoms with Gasteiger partial charge in [-0.15, -0.1) is 0 Å². The van der Waals surface area contributed by atoms with Crippen LogP contribution in [0.2, 0.25) is 0 Å². The number of rotatable bonds is 4. The maximum atomic E-state index is 5.42. The van der Waals surface area contributed by atoms with E-state index in [1.54, 1.807) is 0 Å². The van der Waals surface area contributed by atoms with E-state index in [1.807, 2.05) is 18.2 Å². The van der Waals surface area contributed by atoms with E-state index in [1.165, 1.54) is 27.2 Å². The molecule has 53 heavy (non-hydrogen) atoms. The minimum absolute atomic E-state index is 0.890. The highest BCUT2D eigenvalue weighted by Gasteiger charge is 2.18. The second kappa shape index (κ2) is 11.7. The maximum absolute atomic E-state index is 5.42. The number of hydrogen-bond acceptors (Lipinski definition) is 3. The highest BCUT2D eigenvalue weighted by Crippen LogP contribution is 2.40. The third kappa shape index (κ3) is 4.73. The lowest BCUT2D eigenvalue weighted by molar-refractivity contribution is 1.18. The molecule has 4 heteroatoms. The topological polar surface area (TPSA) is 43.6 Å². The van der Waals surface area contributed by atoms with Gasteiger partial charge in [0.05, 0.1) is 44.7 Å². The molecule has 0 saturated heterocycles. The Morgan fingerprint density at radius 3 is 1.66 bits per heavy atom. The van der Waals surface area contributed by atoms with Gasteiger partial charge in [0.15, 0.2) is 0 Å². The zero-order valence-corrected chi connectivity index (χ0v) is 28.6. The van der Waals surface area contributed by atoms with Crippen LogP contribution in [-0.2, 0) is 0 Å². The van der Waals surface area contributed by atoms with E-state index in [9.17, 15) is 0 Å². The molecule has 0 N–H and O–H groups in total. The molecule has 0 fully saturated rings. The summed E-state index contributed by atoms with van der Waals surface area (Å²) < 4.78 is 2.38. The van der Waals surface area contributed by atoms with Crippen LogP contribution in [0.3, 0.4) is 0 Å². The summed E-state index contributed by atoms with van der Waals surface area (Å²) in [7, 11) is 0. The summed E-state index contributed by atoms with van der Waals surface area (Å²) in [5.41, 5.74) is 12.2. The van der Waals surface area contributed by atoms with E-state index < -0.39 is 0 Å². The second-order valence-electron chi connectivity index (χ2n) is 13.6. The Kier molecular flexibility index (Phi) is 6.52. The number of nitrogens with zero attached hydrogens (tertiary/aromatic N) is 4. The first-order chi connectivity index (χ1) is 26.3. The molecule has 0 unspecified atom stereocenters. The van der Waals surface area contributed by atoms with Crippen LogP contribution in [0.1, 0.15) is 0 Å². The summed E-state index contributed by atoms with van der Waals surface area (Å²) in [5, 5.41) is 7.98. The number of aromatic nitrogens is 4. The van der Waals surface area contributed by atoms with Crippen LogP contribution in [0, 0.1) is 0 Å². The first-order valence-electron chi connectivity index (χ1n) is 17.9. The summed E-state index contributed by atoms with van der Waals surface area (Å²) in [6.07, 6.45) is 0. The van der Waals surface area contributed by atoms with Crippen LogP contribution in [0.5, 0.6) is 0 Å². The van der Waals surface area contributed by atoms with Crippen molar-refractivity contribution in [3.63, 3.8) is 0 Å². The lowest BCUT2D eigenvalue weighted by Crippen LogP contribution is -1.95. The molecular formula is C49H30N4. The fourth-order valence-corrected chi connectivity index (χ4v) is 8.00. The van der Waals surface area contributed by atoms with Gasteiger partial charge in [-0.2, -0.15) is 0 Å². The Labute approximate surface area is 305 Å². The molecule has 11 rings (SSSR count). The fourth-order valence-electron chi connectivity index (χ4n) is 8.00. The van der Waals surface area contributed by atoms with E-state index in [0.29, 0.717) is 0 Å². The summed E-state index contributed by atoms with van der Waals surface area (Å²) in [6, 6.07) is 64.3. The molecule has 0 amide bonds. The van der Waals surface area contributed by atoms with Crippen molar-refractivity contribution in [3.05, 3.63) is 182 Å². The number of fused-ring (bicyclic) bond motifs is 9. The van der Waals surface area contributed by atoms with Crippen LogP contribution >= 0.6 is 0 Å². The molecule has 7 aromatic carbocycles. The molecule has 0 atom stereocenters. The second-order valence-corrected chi connectivity index (χ2v) is 13.6. The van der Waals surface area contributed by atoms with Gasteiger partial charge in [0.1, 0.15) is 0 Å². The molecule has 246 valence electrons. The quantitative estimate of drug-likeness (QED) is 0.175. The Morgan fingerprint density at radius 2 is 0.943 bits per heavy atom. The van der Waals surface area contributed by atoms with Gasteiger partial charge < -0.3 is 4.57 Å². The van der Waals surface area contributed by atoms with Crippen molar-refractivity contribution >= 4 is 65.3 Å². The van der Waals surface area contributed by atoms with Crippen molar-refractivity contribution in [2.24, 2.45) is 0 Å². The van der Waals surface area contributed by atoms with Crippen molar-refractivity contribution in [2.75, 3.05) is 0 Å². The number of para-hydroxylation sites is 2. The average molecular weight is 675 g/mol. The van der Waals surface area contributed by atoms with E-state index in [-0.39, 0.29) is 0 Å². The molecule has 0 aliphatic carbocycles. The summed E-state index contributed by atoms with van der Waals surface area (Å²) >= 11 is 0. The largest absolute Gasteiger partial charge is 0.309 e. The zero-order valence-electron chi connectivity index (χ0n) is 28.6. The van der Waals surface area contributed by atoms with Crippen LogP contribution in [-0.4, -0.2) is 19.5 Å². The van der Waals surface area contributed by atoms with Gasteiger partial charge in [-0.1, -0.05) is 133 Å². The van der Waals surface area contributed by atoms with Gasteiger partial charge in [0.2, 0.25) is 0 Å². The van der Waals surface area contributed by atoms with E-state index in [4.69, 9.17) is 15.0 Å². The van der Waals surface area contributed by atoms with E-state index in [2.05, 4.69) is 168 Å². The molecule has 0 radical (unpaired) electrons. The summed E-state index contributed by atoms with van der Waals surface area (Å²) in [5.74, 6) is 0. The first kappa shape index (κ1) is 29.5. The Hall–Kier alpha value is -7.17. The molecule has 4 aromatic heterocycles. The van der Waals surface area contributed by atoms with Crippen LogP contribution in [0.25, 0.3) is 105 Å². The lowest BCUT2D eigenvalue weighted by atomic mass is 9.96. The van der Waals surface area contributed by atoms with Gasteiger partial charge in [-0.3, -0.25) is 0 Å². The highest BCUT2D eigenvalue weighted by molar-refractivity contribution is 6.20. The van der Waals surface area contributed by atoms with Gasteiger partial charge in [0, 0.05) is 54.7 Å². The van der Waals surface area contributed by atoms with Crippen molar-refractivity contribution in [1.82, 2.24) is 19.5 Å². The zero-order chi connectivity index (χ0) is 34.9. The number of hydrogen-bond donors (Lipinski definition) is 0. The highest BCUT2D eigenvalue weighted by atomic mass is 15.0. The van der Waals surface area contributed by atoms with Crippen molar-refractivity contribution < 1.29 is 0 Å². The number of benzene rings is 7. The monoisotopic (exact) mass is 674 g/mol. The van der Waals surface area contributed by atoms with Crippen molar-refractivity contribution in [3.8, 4) is 39.5 Å². The number of pyridine rings is 3. The third-order valence-electron chi connectivity index (χ3n) is 10.5. The average Bonchev–Trinajstić information content (AvgIpc) is 3.56. The molecule has 0 bridgehead atoms. The minimum Gasteiger partial charge on any atom is -0.309 e. The molecule has 4 heterocycles. The predicted octanol–water partition coefficient (Wildman–Crippen LogP) is 12.6. The molecule has 0 saturated carbocycles. The van der Waals surface area contributed by atoms with Gasteiger partial charge >= 0.3 is 0 Å². The Morgan fingerprint density at radius 1 is 0.340 bits per heavy atom. The molecule has 0 aliphatic rings. The maximum Gasteiger partial charge on any atom is 0.0972 e. The Balaban J connectivity index is 1.15. The van der Waals surface area contributed by atoms with E-state index >= 15 is 0 Å². The summed E-state index contributed by atoms with van der Waals surface area (Å²) in [6.45, 7) is 0. The molecule has 4 nitrogen and oxygen atoms in total. The van der Waals surface area contributed by atoms with Gasteiger partial charge in [-0.05, 0) is 53.9 Å². The van der Waals surface area contributed by atoms with Crippen LogP contribution < -0.4 is 0 Å². The third-order valence-corrected chi connectivity index (χ3v) is 10.5. The minimum atomic E-state index is 0.890. The van der Waals surface area contributed by atoms with Crippen molar-refractivity contribution in [1.29, 1.82) is 0 Å². The molecule has 11 aromatic rings. The fraction of sp³-hybridized carbons (Fsp3) is 0. The molecular weight excluding hydrogens is 645 g/mol. The SMILES string of the molecule is c1ccc(-c2ccc3ccc4ccc(-c5ccc6c(c5)nc(-c5ccccc5)c5cc7c8ccccc8n(-c8ccccc8)c7cc56)nc4c3n2)cc1. The van der Waals surface area contributed by atoms with Crippen LogP contribution in [0.15, 0.2) is 182 Å². The van der Waals surface area contributed by atoms with Gasteiger partial charge in [-0.25, -0.2) is 15.0 Å². The summed E-state index contributed by atoms with van der Waals surface area (Å²) in [4.78, 5) is 15.8.